The molecule has 0 aliphatic heterocycles. The van der Waals surface area contributed by atoms with E-state index < -0.39 is 0 Å². The fraction of sp³-hybridized carbons (Fsp3) is 0.286. The van der Waals surface area contributed by atoms with Crippen molar-refractivity contribution in [3.8, 4) is 11.3 Å². The maximum atomic E-state index is 4.66. The van der Waals surface area contributed by atoms with E-state index in [9.17, 15) is 0 Å². The van der Waals surface area contributed by atoms with E-state index in [2.05, 4.69) is 57.5 Å². The molecule has 0 atom stereocenters. The Kier molecular flexibility index (Phi) is 5.86. The molecule has 4 nitrogen and oxygen atoms in total. The summed E-state index contributed by atoms with van der Waals surface area (Å²) in [6.45, 7) is 5.72. The Bertz CT molecular complexity index is 801. The zero-order valence-corrected chi connectivity index (χ0v) is 14.9. The molecular weight excluding hydrogens is 308 g/mol. The third-order valence-corrected chi connectivity index (χ3v) is 4.22. The highest BCUT2D eigenvalue weighted by atomic mass is 14.9. The highest BCUT2D eigenvalue weighted by molar-refractivity contribution is 5.62. The SMILES string of the molecule is Cc1nc(C)c(CNCCCc2ccccc2)c(-c2cccnc2)n1. The molecule has 1 N–H and O–H groups in total. The van der Waals surface area contributed by atoms with E-state index in [1.165, 1.54) is 5.56 Å². The summed E-state index contributed by atoms with van der Waals surface area (Å²) in [5.41, 5.74) is 5.58. The quantitative estimate of drug-likeness (QED) is 0.667. The second kappa shape index (κ2) is 8.49. The van der Waals surface area contributed by atoms with Crippen LogP contribution in [0.4, 0.5) is 0 Å². The second-order valence-electron chi connectivity index (χ2n) is 6.19. The Morgan fingerprint density at radius 3 is 2.56 bits per heavy atom. The van der Waals surface area contributed by atoms with Crippen LogP contribution in [0, 0.1) is 13.8 Å². The van der Waals surface area contributed by atoms with Crippen LogP contribution in [0.15, 0.2) is 54.9 Å². The van der Waals surface area contributed by atoms with Crippen LogP contribution in [0.1, 0.15) is 29.1 Å². The van der Waals surface area contributed by atoms with Gasteiger partial charge in [0.2, 0.25) is 0 Å². The van der Waals surface area contributed by atoms with Crippen molar-refractivity contribution in [2.45, 2.75) is 33.2 Å². The summed E-state index contributed by atoms with van der Waals surface area (Å²) in [4.78, 5) is 13.4. The summed E-state index contributed by atoms with van der Waals surface area (Å²) in [5.74, 6) is 0.796. The number of benzene rings is 1. The topological polar surface area (TPSA) is 50.7 Å². The van der Waals surface area contributed by atoms with Gasteiger partial charge in [-0.3, -0.25) is 4.98 Å². The highest BCUT2D eigenvalue weighted by Crippen LogP contribution is 2.22. The average molecular weight is 332 g/mol. The molecule has 0 radical (unpaired) electrons. The smallest absolute Gasteiger partial charge is 0.126 e. The van der Waals surface area contributed by atoms with Crippen LogP contribution in [0.2, 0.25) is 0 Å². The third kappa shape index (κ3) is 4.70. The van der Waals surface area contributed by atoms with Gasteiger partial charge < -0.3 is 5.32 Å². The van der Waals surface area contributed by atoms with Crippen LogP contribution < -0.4 is 5.32 Å². The van der Waals surface area contributed by atoms with E-state index in [1.807, 2.05) is 25.3 Å². The van der Waals surface area contributed by atoms with Crippen molar-refractivity contribution in [1.29, 1.82) is 0 Å². The van der Waals surface area contributed by atoms with Crippen LogP contribution in [-0.2, 0) is 13.0 Å². The van der Waals surface area contributed by atoms with Gasteiger partial charge in [-0.2, -0.15) is 0 Å². The molecule has 128 valence electrons. The molecule has 0 saturated heterocycles. The van der Waals surface area contributed by atoms with Crippen molar-refractivity contribution in [2.24, 2.45) is 0 Å². The minimum Gasteiger partial charge on any atom is -0.313 e. The van der Waals surface area contributed by atoms with Gasteiger partial charge in [0.05, 0.1) is 5.69 Å². The average Bonchev–Trinajstić information content (AvgIpc) is 2.64. The maximum Gasteiger partial charge on any atom is 0.126 e. The van der Waals surface area contributed by atoms with Crippen molar-refractivity contribution < 1.29 is 0 Å². The monoisotopic (exact) mass is 332 g/mol. The van der Waals surface area contributed by atoms with Gasteiger partial charge in [0, 0.05) is 35.8 Å². The normalized spacial score (nSPS) is 10.8. The molecule has 0 spiro atoms. The second-order valence-corrected chi connectivity index (χ2v) is 6.19. The first-order chi connectivity index (χ1) is 12.2. The molecule has 4 heteroatoms. The highest BCUT2D eigenvalue weighted by Gasteiger charge is 2.12. The minimum absolute atomic E-state index is 0.769. The molecule has 0 amide bonds. The van der Waals surface area contributed by atoms with Crippen LogP contribution >= 0.6 is 0 Å². The summed E-state index contributed by atoms with van der Waals surface area (Å²) < 4.78 is 0. The molecule has 0 bridgehead atoms. The van der Waals surface area contributed by atoms with Gasteiger partial charge in [-0.05, 0) is 50.9 Å². The zero-order chi connectivity index (χ0) is 17.5. The van der Waals surface area contributed by atoms with Crippen molar-refractivity contribution in [3.63, 3.8) is 0 Å². The summed E-state index contributed by atoms with van der Waals surface area (Å²) >= 11 is 0. The first-order valence-corrected chi connectivity index (χ1v) is 8.73. The molecular formula is C21H24N4. The number of pyridine rings is 1. The molecule has 0 fully saturated rings. The Morgan fingerprint density at radius 1 is 0.960 bits per heavy atom. The van der Waals surface area contributed by atoms with Crippen LogP contribution in [0.5, 0.6) is 0 Å². The molecule has 2 aromatic heterocycles. The Balaban J connectivity index is 1.64. The van der Waals surface area contributed by atoms with E-state index in [-0.39, 0.29) is 0 Å². The largest absolute Gasteiger partial charge is 0.313 e. The van der Waals surface area contributed by atoms with E-state index in [4.69, 9.17) is 0 Å². The summed E-state index contributed by atoms with van der Waals surface area (Å²) in [6.07, 6.45) is 5.84. The number of aryl methyl sites for hydroxylation is 3. The fourth-order valence-electron chi connectivity index (χ4n) is 2.96. The Morgan fingerprint density at radius 2 is 1.80 bits per heavy atom. The summed E-state index contributed by atoms with van der Waals surface area (Å²) in [6, 6.07) is 14.6. The molecule has 3 rings (SSSR count). The standard InChI is InChI=1S/C21H24N4/c1-16-20(15-23-12-6-10-18-8-4-3-5-9-18)21(25-17(2)24-16)19-11-7-13-22-14-19/h3-5,7-9,11,13-14,23H,6,10,12,15H2,1-2H3. The fourth-order valence-corrected chi connectivity index (χ4v) is 2.96. The molecule has 0 saturated carbocycles. The molecule has 25 heavy (non-hydrogen) atoms. The van der Waals surface area contributed by atoms with Crippen molar-refractivity contribution in [1.82, 2.24) is 20.3 Å². The van der Waals surface area contributed by atoms with Gasteiger partial charge in [-0.1, -0.05) is 30.3 Å². The minimum atomic E-state index is 0.769. The molecule has 0 aliphatic rings. The van der Waals surface area contributed by atoms with E-state index in [0.717, 1.165) is 54.3 Å². The summed E-state index contributed by atoms with van der Waals surface area (Å²) in [5, 5.41) is 3.54. The number of hydrogen-bond acceptors (Lipinski definition) is 4. The number of rotatable bonds is 7. The molecule has 1 aromatic carbocycles. The van der Waals surface area contributed by atoms with Crippen LogP contribution in [-0.4, -0.2) is 21.5 Å². The van der Waals surface area contributed by atoms with E-state index >= 15 is 0 Å². The Hall–Kier alpha value is -2.59. The molecule has 3 aromatic rings. The lowest BCUT2D eigenvalue weighted by atomic mass is 10.1. The number of nitrogens with zero attached hydrogens (tertiary/aromatic N) is 3. The lowest BCUT2D eigenvalue weighted by Gasteiger charge is -2.13. The predicted octanol–water partition coefficient (Wildman–Crippen LogP) is 3.88. The van der Waals surface area contributed by atoms with Gasteiger partial charge in [0.1, 0.15) is 5.82 Å². The number of hydrogen-bond donors (Lipinski definition) is 1. The summed E-state index contributed by atoms with van der Waals surface area (Å²) in [7, 11) is 0. The van der Waals surface area contributed by atoms with Gasteiger partial charge in [-0.15, -0.1) is 0 Å². The lowest BCUT2D eigenvalue weighted by Crippen LogP contribution is -2.18. The van der Waals surface area contributed by atoms with Crippen molar-refractivity contribution in [2.75, 3.05) is 6.54 Å². The maximum absolute atomic E-state index is 4.66. The van der Waals surface area contributed by atoms with Crippen LogP contribution in [0.3, 0.4) is 0 Å². The van der Waals surface area contributed by atoms with Crippen molar-refractivity contribution in [3.05, 3.63) is 77.5 Å². The van der Waals surface area contributed by atoms with Crippen molar-refractivity contribution >= 4 is 0 Å². The lowest BCUT2D eigenvalue weighted by molar-refractivity contribution is 0.644. The molecule has 0 aliphatic carbocycles. The molecule has 2 heterocycles. The zero-order valence-electron chi connectivity index (χ0n) is 14.9. The van der Waals surface area contributed by atoms with Gasteiger partial charge in [-0.25, -0.2) is 9.97 Å². The third-order valence-electron chi connectivity index (χ3n) is 4.22. The molecule has 0 unspecified atom stereocenters. The van der Waals surface area contributed by atoms with E-state index in [1.54, 1.807) is 6.20 Å². The first-order valence-electron chi connectivity index (χ1n) is 8.73. The van der Waals surface area contributed by atoms with E-state index in [0.29, 0.717) is 0 Å². The first kappa shape index (κ1) is 17.2. The van der Waals surface area contributed by atoms with Gasteiger partial charge in [0.15, 0.2) is 0 Å². The van der Waals surface area contributed by atoms with Crippen LogP contribution in [0.25, 0.3) is 11.3 Å². The number of aromatic nitrogens is 3. The van der Waals surface area contributed by atoms with Gasteiger partial charge in [0.25, 0.3) is 0 Å². The Labute approximate surface area is 149 Å². The van der Waals surface area contributed by atoms with Gasteiger partial charge >= 0.3 is 0 Å². The number of nitrogens with one attached hydrogen (secondary N) is 1. The predicted molar refractivity (Wildman–Crippen MR) is 101 cm³/mol.